The van der Waals surface area contributed by atoms with Gasteiger partial charge in [-0.25, -0.2) is 0 Å². The van der Waals surface area contributed by atoms with Crippen molar-refractivity contribution in [1.82, 2.24) is 4.90 Å². The van der Waals surface area contributed by atoms with E-state index < -0.39 is 0 Å². The van der Waals surface area contributed by atoms with Crippen LogP contribution in [0.15, 0.2) is 0 Å². The van der Waals surface area contributed by atoms with Crippen LogP contribution in [0.25, 0.3) is 0 Å². The Labute approximate surface area is 103 Å². The molecule has 1 aliphatic carbocycles. The second-order valence-electron chi connectivity index (χ2n) is 5.48. The molecule has 4 heteroatoms. The number of hydrogen-bond donors (Lipinski definition) is 1. The quantitative estimate of drug-likeness (QED) is 0.787. The van der Waals surface area contributed by atoms with Crippen molar-refractivity contribution in [3.63, 3.8) is 0 Å². The van der Waals surface area contributed by atoms with Gasteiger partial charge >= 0.3 is 0 Å². The lowest BCUT2D eigenvalue weighted by Crippen LogP contribution is -2.48. The van der Waals surface area contributed by atoms with E-state index >= 15 is 0 Å². The first kappa shape index (κ1) is 12.8. The Bertz CT molecular complexity index is 275. The highest BCUT2D eigenvalue weighted by atomic mass is 16.5. The molecule has 1 saturated carbocycles. The maximum Gasteiger partial charge on any atom is 0.230 e. The van der Waals surface area contributed by atoms with Crippen LogP contribution in [0.2, 0.25) is 0 Å². The summed E-state index contributed by atoms with van der Waals surface area (Å²) in [6.45, 7) is 4.85. The molecule has 1 amide bonds. The summed E-state index contributed by atoms with van der Waals surface area (Å²) in [7, 11) is 0. The Morgan fingerprint density at radius 1 is 1.41 bits per heavy atom. The smallest absolute Gasteiger partial charge is 0.230 e. The zero-order chi connectivity index (χ0) is 12.3. The lowest BCUT2D eigenvalue weighted by Gasteiger charge is -2.33. The zero-order valence-electron chi connectivity index (χ0n) is 10.8. The fraction of sp³-hybridized carbons (Fsp3) is 0.923. The number of ether oxygens (including phenoxy) is 1. The van der Waals surface area contributed by atoms with Crippen LogP contribution in [0.3, 0.4) is 0 Å². The van der Waals surface area contributed by atoms with E-state index in [0.717, 1.165) is 51.8 Å². The highest BCUT2D eigenvalue weighted by Crippen LogP contribution is 2.39. The second kappa shape index (κ2) is 5.36. The number of carbonyl (C=O) groups excluding carboxylic acids is 1. The lowest BCUT2D eigenvalue weighted by atomic mass is 9.84. The summed E-state index contributed by atoms with van der Waals surface area (Å²) in [6.07, 6.45) is 5.31. The maximum absolute atomic E-state index is 12.6. The minimum absolute atomic E-state index is 0.151. The van der Waals surface area contributed by atoms with Crippen LogP contribution in [-0.2, 0) is 9.53 Å². The van der Waals surface area contributed by atoms with Gasteiger partial charge in [0.25, 0.3) is 0 Å². The Balaban J connectivity index is 2.06. The van der Waals surface area contributed by atoms with Gasteiger partial charge in [0.1, 0.15) is 0 Å². The molecular weight excluding hydrogens is 216 g/mol. The van der Waals surface area contributed by atoms with Gasteiger partial charge in [0.05, 0.1) is 11.5 Å². The molecule has 1 atom stereocenters. The van der Waals surface area contributed by atoms with E-state index in [2.05, 4.69) is 0 Å². The largest absolute Gasteiger partial charge is 0.377 e. The molecule has 0 radical (unpaired) electrons. The average molecular weight is 240 g/mol. The third kappa shape index (κ3) is 2.63. The van der Waals surface area contributed by atoms with E-state index in [-0.39, 0.29) is 17.4 Å². The van der Waals surface area contributed by atoms with Gasteiger partial charge in [-0.1, -0.05) is 12.8 Å². The minimum Gasteiger partial charge on any atom is -0.377 e. The number of carbonyl (C=O) groups is 1. The molecule has 1 unspecified atom stereocenters. The Morgan fingerprint density at radius 2 is 2.12 bits per heavy atom. The summed E-state index contributed by atoms with van der Waals surface area (Å²) in [5.74, 6) is 0.273. The summed E-state index contributed by atoms with van der Waals surface area (Å²) >= 11 is 0. The summed E-state index contributed by atoms with van der Waals surface area (Å²) in [4.78, 5) is 14.6. The van der Waals surface area contributed by atoms with Crippen LogP contribution in [-0.4, -0.2) is 43.2 Å². The molecule has 0 aromatic rings. The molecule has 17 heavy (non-hydrogen) atoms. The SMILES string of the molecule is CC1CN(C(=O)C2(CN)CCCC2)CCCO1. The average Bonchev–Trinajstić information content (AvgIpc) is 2.72. The van der Waals surface area contributed by atoms with Crippen molar-refractivity contribution in [1.29, 1.82) is 0 Å². The summed E-state index contributed by atoms with van der Waals surface area (Å²) in [6, 6.07) is 0. The topological polar surface area (TPSA) is 55.6 Å². The van der Waals surface area contributed by atoms with Gasteiger partial charge in [0, 0.05) is 26.2 Å². The van der Waals surface area contributed by atoms with E-state index in [1.54, 1.807) is 0 Å². The van der Waals surface area contributed by atoms with Crippen molar-refractivity contribution >= 4 is 5.91 Å². The van der Waals surface area contributed by atoms with Gasteiger partial charge in [-0.15, -0.1) is 0 Å². The molecular formula is C13H24N2O2. The fourth-order valence-corrected chi connectivity index (χ4v) is 3.07. The molecule has 2 aliphatic rings. The molecule has 2 rings (SSSR count). The molecule has 4 nitrogen and oxygen atoms in total. The van der Waals surface area contributed by atoms with Crippen molar-refractivity contribution in [2.45, 2.75) is 45.1 Å². The third-order valence-corrected chi connectivity index (χ3v) is 4.14. The van der Waals surface area contributed by atoms with Crippen LogP contribution in [0, 0.1) is 5.41 Å². The number of hydrogen-bond acceptors (Lipinski definition) is 3. The van der Waals surface area contributed by atoms with Gasteiger partial charge in [0.2, 0.25) is 5.91 Å². The minimum atomic E-state index is -0.260. The predicted molar refractivity (Wildman–Crippen MR) is 66.6 cm³/mol. The van der Waals surface area contributed by atoms with Crippen molar-refractivity contribution in [2.24, 2.45) is 11.1 Å². The van der Waals surface area contributed by atoms with Crippen LogP contribution < -0.4 is 5.73 Å². The fourth-order valence-electron chi connectivity index (χ4n) is 3.07. The second-order valence-corrected chi connectivity index (χ2v) is 5.48. The summed E-state index contributed by atoms with van der Waals surface area (Å²) in [5.41, 5.74) is 5.61. The number of rotatable bonds is 2. The molecule has 0 aromatic carbocycles. The predicted octanol–water partition coefficient (Wildman–Crippen LogP) is 1.14. The first-order chi connectivity index (χ1) is 8.18. The van der Waals surface area contributed by atoms with Crippen LogP contribution in [0.5, 0.6) is 0 Å². The van der Waals surface area contributed by atoms with Gasteiger partial charge in [-0.05, 0) is 26.2 Å². The monoisotopic (exact) mass is 240 g/mol. The zero-order valence-corrected chi connectivity index (χ0v) is 10.8. The van der Waals surface area contributed by atoms with E-state index in [1.807, 2.05) is 11.8 Å². The number of nitrogens with zero attached hydrogens (tertiary/aromatic N) is 1. The third-order valence-electron chi connectivity index (χ3n) is 4.14. The van der Waals surface area contributed by atoms with Gasteiger partial charge < -0.3 is 15.4 Å². The molecule has 1 saturated heterocycles. The molecule has 2 fully saturated rings. The summed E-state index contributed by atoms with van der Waals surface area (Å²) in [5, 5.41) is 0. The molecule has 0 aromatic heterocycles. The first-order valence-electron chi connectivity index (χ1n) is 6.79. The molecule has 1 heterocycles. The number of nitrogens with two attached hydrogens (primary N) is 1. The van der Waals surface area contributed by atoms with Crippen LogP contribution in [0.1, 0.15) is 39.0 Å². The molecule has 0 bridgehead atoms. The Kier molecular flexibility index (Phi) is 4.05. The van der Waals surface area contributed by atoms with E-state index in [9.17, 15) is 4.79 Å². The molecule has 0 spiro atoms. The van der Waals surface area contributed by atoms with Crippen LogP contribution in [0.4, 0.5) is 0 Å². The van der Waals surface area contributed by atoms with E-state index in [4.69, 9.17) is 10.5 Å². The highest BCUT2D eigenvalue weighted by molar-refractivity contribution is 5.83. The Morgan fingerprint density at radius 3 is 2.76 bits per heavy atom. The van der Waals surface area contributed by atoms with Gasteiger partial charge in [0.15, 0.2) is 0 Å². The standard InChI is InChI=1S/C13H24N2O2/c1-11-9-15(7-4-8-17-11)12(16)13(10-14)5-2-3-6-13/h11H,2-10,14H2,1H3. The normalized spacial score (nSPS) is 29.1. The Hall–Kier alpha value is -0.610. The van der Waals surface area contributed by atoms with Crippen molar-refractivity contribution < 1.29 is 9.53 Å². The van der Waals surface area contributed by atoms with Crippen molar-refractivity contribution in [3.8, 4) is 0 Å². The molecule has 1 aliphatic heterocycles. The van der Waals surface area contributed by atoms with Crippen molar-refractivity contribution in [2.75, 3.05) is 26.2 Å². The highest BCUT2D eigenvalue weighted by Gasteiger charge is 2.42. The van der Waals surface area contributed by atoms with E-state index in [0.29, 0.717) is 6.54 Å². The van der Waals surface area contributed by atoms with E-state index in [1.165, 1.54) is 0 Å². The molecule has 2 N–H and O–H groups in total. The number of amides is 1. The maximum atomic E-state index is 12.6. The lowest BCUT2D eigenvalue weighted by molar-refractivity contribution is -0.142. The van der Waals surface area contributed by atoms with Crippen LogP contribution >= 0.6 is 0 Å². The molecule has 98 valence electrons. The summed E-state index contributed by atoms with van der Waals surface area (Å²) < 4.78 is 5.59. The van der Waals surface area contributed by atoms with Crippen molar-refractivity contribution in [3.05, 3.63) is 0 Å². The van der Waals surface area contributed by atoms with Gasteiger partial charge in [-0.2, -0.15) is 0 Å². The van der Waals surface area contributed by atoms with Gasteiger partial charge in [-0.3, -0.25) is 4.79 Å². The first-order valence-corrected chi connectivity index (χ1v) is 6.79.